The monoisotopic (exact) mass is 619 g/mol. The number of piperidine rings is 1. The van der Waals surface area contributed by atoms with E-state index >= 15 is 4.39 Å². The summed E-state index contributed by atoms with van der Waals surface area (Å²) in [5, 5.41) is 0. The summed E-state index contributed by atoms with van der Waals surface area (Å²) in [6.45, 7) is 6.40. The molecule has 0 atom stereocenters. The fourth-order valence-corrected chi connectivity index (χ4v) is 6.02. The zero-order chi connectivity index (χ0) is 31.4. The summed E-state index contributed by atoms with van der Waals surface area (Å²) in [6.07, 6.45) is 0.803. The van der Waals surface area contributed by atoms with E-state index < -0.39 is 33.3 Å². The number of sulfone groups is 1. The van der Waals surface area contributed by atoms with Crippen LogP contribution in [0.1, 0.15) is 49.5 Å². The minimum absolute atomic E-state index is 0.0324. The van der Waals surface area contributed by atoms with Gasteiger partial charge in [-0.15, -0.1) is 0 Å². The summed E-state index contributed by atoms with van der Waals surface area (Å²) in [6, 6.07) is 10.2. The highest BCUT2D eigenvalue weighted by Crippen LogP contribution is 2.27. The van der Waals surface area contributed by atoms with Gasteiger partial charge in [0.05, 0.1) is 30.7 Å². The molecule has 2 heterocycles. The third-order valence-electron chi connectivity index (χ3n) is 7.19. The zero-order valence-electron chi connectivity index (χ0n) is 24.9. The number of nitrogens with zero attached hydrogens (tertiary/aromatic N) is 3. The van der Waals surface area contributed by atoms with E-state index in [0.717, 1.165) is 6.07 Å². The Morgan fingerprint density at radius 2 is 1.58 bits per heavy atom. The molecule has 4 rings (SSSR count). The number of carbonyl (C=O) groups excluding carboxylic acids is 3. The van der Waals surface area contributed by atoms with Gasteiger partial charge in [0.1, 0.15) is 23.3 Å². The SMILES string of the molecule is COC(=O)c1ccc(CN(C(=O)N2CCS(=O)(=O)CC2)c2ccc(OC3CCN(C(=O)OC(C)(C)C)CC3)cc2)c(F)c1. The van der Waals surface area contributed by atoms with E-state index in [9.17, 15) is 22.8 Å². The van der Waals surface area contributed by atoms with E-state index in [2.05, 4.69) is 4.74 Å². The van der Waals surface area contributed by atoms with E-state index in [1.165, 1.54) is 29.0 Å². The number of hydrogen-bond donors (Lipinski definition) is 0. The standard InChI is InChI=1S/C30H38FN3O8S/c1-30(2,3)42-29(37)33-13-11-25(12-14-33)41-24-9-7-23(8-10-24)34(28(36)32-15-17-43(38,39)18-16-32)20-22-6-5-21(19-26(22)31)27(35)40-4/h5-10,19,25H,11-18,20H2,1-4H3. The Hall–Kier alpha value is -3.87. The maximum atomic E-state index is 15.0. The lowest BCUT2D eigenvalue weighted by Crippen LogP contribution is -2.49. The summed E-state index contributed by atoms with van der Waals surface area (Å²) < 4.78 is 55.1. The topological polar surface area (TPSA) is 123 Å². The summed E-state index contributed by atoms with van der Waals surface area (Å²) in [4.78, 5) is 42.2. The molecule has 234 valence electrons. The van der Waals surface area contributed by atoms with Crippen LogP contribution in [-0.2, 0) is 25.9 Å². The van der Waals surface area contributed by atoms with Crippen molar-refractivity contribution in [2.24, 2.45) is 0 Å². The maximum absolute atomic E-state index is 15.0. The van der Waals surface area contributed by atoms with Crippen LogP contribution in [-0.4, -0.2) is 92.8 Å². The Morgan fingerprint density at radius 1 is 0.953 bits per heavy atom. The van der Waals surface area contributed by atoms with Crippen molar-refractivity contribution in [2.45, 2.75) is 51.9 Å². The number of anilines is 1. The third-order valence-corrected chi connectivity index (χ3v) is 8.80. The number of carbonyl (C=O) groups is 3. The molecule has 0 aromatic heterocycles. The molecule has 2 aliphatic heterocycles. The highest BCUT2D eigenvalue weighted by Gasteiger charge is 2.30. The Bertz CT molecular complexity index is 1420. The fourth-order valence-electron chi connectivity index (χ4n) is 4.81. The van der Waals surface area contributed by atoms with Gasteiger partial charge in [-0.2, -0.15) is 0 Å². The van der Waals surface area contributed by atoms with Crippen LogP contribution in [0.25, 0.3) is 0 Å². The number of likely N-dealkylation sites (tertiary alicyclic amines) is 1. The Labute approximate surface area is 251 Å². The normalized spacial score (nSPS) is 17.2. The van der Waals surface area contributed by atoms with Gasteiger partial charge in [0.25, 0.3) is 0 Å². The largest absolute Gasteiger partial charge is 0.490 e. The van der Waals surface area contributed by atoms with Crippen LogP contribution in [0.5, 0.6) is 5.75 Å². The van der Waals surface area contributed by atoms with Crippen molar-refractivity contribution in [1.29, 1.82) is 0 Å². The predicted octanol–water partition coefficient (Wildman–Crippen LogP) is 4.25. The molecule has 2 aromatic carbocycles. The Kier molecular flexibility index (Phi) is 9.83. The van der Waals surface area contributed by atoms with Crippen molar-refractivity contribution in [1.82, 2.24) is 9.80 Å². The van der Waals surface area contributed by atoms with Gasteiger partial charge in [-0.05, 0) is 57.2 Å². The first-order valence-electron chi connectivity index (χ1n) is 14.1. The van der Waals surface area contributed by atoms with Crippen LogP contribution in [0.2, 0.25) is 0 Å². The molecule has 0 radical (unpaired) electrons. The minimum atomic E-state index is -3.22. The van der Waals surface area contributed by atoms with Crippen LogP contribution in [0.3, 0.4) is 0 Å². The van der Waals surface area contributed by atoms with Gasteiger partial charge in [0.2, 0.25) is 0 Å². The van der Waals surface area contributed by atoms with Crippen molar-refractivity contribution in [3.05, 3.63) is 59.4 Å². The van der Waals surface area contributed by atoms with Crippen molar-refractivity contribution < 1.29 is 41.4 Å². The molecule has 2 aliphatic rings. The van der Waals surface area contributed by atoms with Gasteiger partial charge in [-0.25, -0.2) is 27.2 Å². The second-order valence-electron chi connectivity index (χ2n) is 11.6. The van der Waals surface area contributed by atoms with Gasteiger partial charge in [0, 0.05) is 50.3 Å². The molecule has 0 spiro atoms. The molecule has 2 saturated heterocycles. The summed E-state index contributed by atoms with van der Waals surface area (Å²) in [5.41, 5.74) is 0.108. The molecule has 2 aromatic rings. The average molecular weight is 620 g/mol. The van der Waals surface area contributed by atoms with E-state index in [1.807, 2.05) is 20.8 Å². The van der Waals surface area contributed by atoms with Gasteiger partial charge in [0.15, 0.2) is 9.84 Å². The van der Waals surface area contributed by atoms with Gasteiger partial charge >= 0.3 is 18.1 Å². The summed E-state index contributed by atoms with van der Waals surface area (Å²) >= 11 is 0. The number of amides is 3. The molecular formula is C30H38FN3O8S. The van der Waals surface area contributed by atoms with E-state index in [0.29, 0.717) is 37.4 Å². The first-order valence-corrected chi connectivity index (χ1v) is 15.9. The molecule has 11 nitrogen and oxygen atoms in total. The molecule has 0 aliphatic carbocycles. The molecule has 0 unspecified atom stereocenters. The van der Waals surface area contributed by atoms with Crippen LogP contribution in [0.15, 0.2) is 42.5 Å². The average Bonchev–Trinajstić information content (AvgIpc) is 2.96. The van der Waals surface area contributed by atoms with Gasteiger partial charge < -0.3 is 24.0 Å². The lowest BCUT2D eigenvalue weighted by Gasteiger charge is -2.34. The van der Waals surface area contributed by atoms with Crippen LogP contribution in [0, 0.1) is 5.82 Å². The van der Waals surface area contributed by atoms with Crippen LogP contribution < -0.4 is 9.64 Å². The lowest BCUT2D eigenvalue weighted by molar-refractivity contribution is 0.0126. The first-order chi connectivity index (χ1) is 20.2. The fraction of sp³-hybridized carbons (Fsp3) is 0.500. The number of esters is 1. The Balaban J connectivity index is 1.47. The van der Waals surface area contributed by atoms with Crippen molar-refractivity contribution in [3.63, 3.8) is 0 Å². The third kappa shape index (κ3) is 8.59. The molecular weight excluding hydrogens is 581 g/mol. The number of hydrogen-bond acceptors (Lipinski definition) is 8. The number of rotatable bonds is 6. The second kappa shape index (κ2) is 13.2. The summed E-state index contributed by atoms with van der Waals surface area (Å²) in [5.74, 6) is -1.08. The van der Waals surface area contributed by atoms with Crippen LogP contribution >= 0.6 is 0 Å². The molecule has 0 bridgehead atoms. The lowest BCUT2D eigenvalue weighted by atomic mass is 10.1. The van der Waals surface area contributed by atoms with Crippen molar-refractivity contribution in [3.8, 4) is 5.75 Å². The molecule has 13 heteroatoms. The predicted molar refractivity (Wildman–Crippen MR) is 157 cm³/mol. The Morgan fingerprint density at radius 3 is 2.14 bits per heavy atom. The van der Waals surface area contributed by atoms with E-state index in [-0.39, 0.29) is 54.5 Å². The van der Waals surface area contributed by atoms with Crippen molar-refractivity contribution >= 4 is 33.6 Å². The number of ether oxygens (including phenoxy) is 3. The molecule has 0 saturated carbocycles. The highest BCUT2D eigenvalue weighted by atomic mass is 32.2. The molecule has 0 N–H and O–H groups in total. The first kappa shape index (κ1) is 32.1. The number of methoxy groups -OCH3 is 1. The maximum Gasteiger partial charge on any atom is 0.410 e. The minimum Gasteiger partial charge on any atom is -0.490 e. The highest BCUT2D eigenvalue weighted by molar-refractivity contribution is 7.91. The van der Waals surface area contributed by atoms with Crippen LogP contribution in [0.4, 0.5) is 19.7 Å². The molecule has 43 heavy (non-hydrogen) atoms. The van der Waals surface area contributed by atoms with Gasteiger partial charge in [-0.1, -0.05) is 6.07 Å². The molecule has 3 amide bonds. The van der Waals surface area contributed by atoms with E-state index in [4.69, 9.17) is 9.47 Å². The number of benzene rings is 2. The van der Waals surface area contributed by atoms with Gasteiger partial charge in [-0.3, -0.25) is 4.90 Å². The molecule has 2 fully saturated rings. The summed E-state index contributed by atoms with van der Waals surface area (Å²) in [7, 11) is -2.02. The number of halogens is 1. The number of urea groups is 1. The smallest absolute Gasteiger partial charge is 0.410 e. The zero-order valence-corrected chi connectivity index (χ0v) is 25.7. The van der Waals surface area contributed by atoms with Crippen molar-refractivity contribution in [2.75, 3.05) is 49.7 Å². The van der Waals surface area contributed by atoms with E-state index in [1.54, 1.807) is 29.2 Å². The quantitative estimate of drug-likeness (QED) is 0.440. The second-order valence-corrected chi connectivity index (χ2v) is 13.9.